The van der Waals surface area contributed by atoms with Gasteiger partial charge in [0.15, 0.2) is 6.10 Å². The summed E-state index contributed by atoms with van der Waals surface area (Å²) in [6.45, 7) is 1.85. The van der Waals surface area contributed by atoms with Gasteiger partial charge in [-0.15, -0.1) is 0 Å². The zero-order chi connectivity index (χ0) is 5.11. The molecule has 36 valence electrons. The lowest BCUT2D eigenvalue weighted by Gasteiger charge is -2.00. The van der Waals surface area contributed by atoms with Crippen LogP contribution in [-0.2, 0) is 4.84 Å². The number of nitrogens with zero attached hydrogens (tertiary/aromatic N) is 1. The Labute approximate surface area is 42.2 Å². The summed E-state index contributed by atoms with van der Waals surface area (Å²) < 4.78 is 0. The van der Waals surface area contributed by atoms with Gasteiger partial charge in [0.25, 0.3) is 0 Å². The Morgan fingerprint density at radius 2 is 2.71 bits per heavy atom. The van der Waals surface area contributed by atoms with Crippen LogP contribution in [0.3, 0.4) is 0 Å². The van der Waals surface area contributed by atoms with Gasteiger partial charge in [-0.1, -0.05) is 5.16 Å². The molecule has 0 aromatic rings. The van der Waals surface area contributed by atoms with Gasteiger partial charge < -0.3 is 4.84 Å². The standard InChI is InChI=1S/C5H5NO/c1-5-3-2-4-6-7-5/h4-5H,1H3. The van der Waals surface area contributed by atoms with Crippen molar-refractivity contribution < 1.29 is 4.84 Å². The van der Waals surface area contributed by atoms with E-state index in [4.69, 9.17) is 0 Å². The Bertz CT molecular complexity index is 140. The quantitative estimate of drug-likeness (QED) is 0.399. The highest BCUT2D eigenvalue weighted by molar-refractivity contribution is 5.78. The summed E-state index contributed by atoms with van der Waals surface area (Å²) in [5.41, 5.74) is 0. The van der Waals surface area contributed by atoms with Gasteiger partial charge in [0.1, 0.15) is 6.21 Å². The van der Waals surface area contributed by atoms with E-state index in [0.29, 0.717) is 0 Å². The van der Waals surface area contributed by atoms with E-state index in [2.05, 4.69) is 21.8 Å². The molecule has 0 spiro atoms. The number of hydrogen-bond acceptors (Lipinski definition) is 2. The molecule has 2 heteroatoms. The van der Waals surface area contributed by atoms with Crippen LogP contribution in [0.15, 0.2) is 5.16 Å². The second kappa shape index (κ2) is 1.65. The molecule has 1 aliphatic rings. The molecule has 0 saturated carbocycles. The van der Waals surface area contributed by atoms with Gasteiger partial charge in [-0.05, 0) is 18.8 Å². The molecule has 0 radical (unpaired) electrons. The summed E-state index contributed by atoms with van der Waals surface area (Å²) in [7, 11) is 0. The van der Waals surface area contributed by atoms with E-state index < -0.39 is 0 Å². The van der Waals surface area contributed by atoms with Gasteiger partial charge in [-0.3, -0.25) is 0 Å². The minimum atomic E-state index is -0.0231. The first-order valence-electron chi connectivity index (χ1n) is 2.08. The Morgan fingerprint density at radius 1 is 1.86 bits per heavy atom. The van der Waals surface area contributed by atoms with Gasteiger partial charge >= 0.3 is 0 Å². The second-order valence-electron chi connectivity index (χ2n) is 1.27. The topological polar surface area (TPSA) is 21.6 Å². The molecular formula is C5H5NO. The van der Waals surface area contributed by atoms with Crippen LogP contribution in [0.25, 0.3) is 0 Å². The Kier molecular flexibility index (Phi) is 0.991. The van der Waals surface area contributed by atoms with Crippen LogP contribution in [0.1, 0.15) is 6.92 Å². The van der Waals surface area contributed by atoms with Crippen molar-refractivity contribution in [3.05, 3.63) is 0 Å². The van der Waals surface area contributed by atoms with E-state index in [-0.39, 0.29) is 6.10 Å². The number of rotatable bonds is 0. The van der Waals surface area contributed by atoms with Gasteiger partial charge in [-0.25, -0.2) is 0 Å². The summed E-state index contributed by atoms with van der Waals surface area (Å²) in [5.74, 6) is 5.43. The largest absolute Gasteiger partial charge is 0.379 e. The van der Waals surface area contributed by atoms with Crippen molar-refractivity contribution in [1.29, 1.82) is 0 Å². The highest BCUT2D eigenvalue weighted by Gasteiger charge is 1.94. The first-order chi connectivity index (χ1) is 3.39. The van der Waals surface area contributed by atoms with Crippen molar-refractivity contribution in [1.82, 2.24) is 0 Å². The summed E-state index contributed by atoms with van der Waals surface area (Å²) in [5, 5.41) is 3.46. The Balaban J connectivity index is 2.59. The van der Waals surface area contributed by atoms with E-state index in [1.165, 1.54) is 6.21 Å². The van der Waals surface area contributed by atoms with Crippen LogP contribution in [0, 0.1) is 11.8 Å². The lowest BCUT2D eigenvalue weighted by molar-refractivity contribution is 0.112. The van der Waals surface area contributed by atoms with E-state index in [9.17, 15) is 0 Å². The molecule has 1 aliphatic heterocycles. The smallest absolute Gasteiger partial charge is 0.185 e. The van der Waals surface area contributed by atoms with Gasteiger partial charge in [0.05, 0.1) is 0 Å². The third-order valence-corrected chi connectivity index (χ3v) is 0.623. The predicted octanol–water partition coefficient (Wildman–Crippen LogP) is 0.394. The fraction of sp³-hybridized carbons (Fsp3) is 0.400. The zero-order valence-corrected chi connectivity index (χ0v) is 4.01. The predicted molar refractivity (Wildman–Crippen MR) is 26.8 cm³/mol. The minimum absolute atomic E-state index is 0.0231. The molecule has 1 heterocycles. The second-order valence-corrected chi connectivity index (χ2v) is 1.27. The first kappa shape index (κ1) is 4.20. The van der Waals surface area contributed by atoms with Gasteiger partial charge in [0, 0.05) is 0 Å². The van der Waals surface area contributed by atoms with E-state index in [1.807, 2.05) is 6.92 Å². The van der Waals surface area contributed by atoms with Crippen molar-refractivity contribution in [2.75, 3.05) is 0 Å². The molecule has 0 amide bonds. The highest BCUT2D eigenvalue weighted by atomic mass is 16.6. The van der Waals surface area contributed by atoms with Crippen molar-refractivity contribution in [2.24, 2.45) is 5.16 Å². The number of hydrogen-bond donors (Lipinski definition) is 0. The molecule has 7 heavy (non-hydrogen) atoms. The van der Waals surface area contributed by atoms with Crippen LogP contribution in [0.4, 0.5) is 0 Å². The minimum Gasteiger partial charge on any atom is -0.379 e. The highest BCUT2D eigenvalue weighted by Crippen LogP contribution is 1.89. The zero-order valence-electron chi connectivity index (χ0n) is 4.01. The molecule has 2 nitrogen and oxygen atoms in total. The molecule has 0 aromatic carbocycles. The maximum Gasteiger partial charge on any atom is 0.185 e. The van der Waals surface area contributed by atoms with Crippen LogP contribution < -0.4 is 0 Å². The van der Waals surface area contributed by atoms with Crippen molar-refractivity contribution in [2.45, 2.75) is 13.0 Å². The molecule has 1 atom stereocenters. The average Bonchev–Trinajstić information content (AvgIpc) is 1.69. The van der Waals surface area contributed by atoms with Crippen molar-refractivity contribution >= 4 is 6.21 Å². The number of oxime groups is 1. The van der Waals surface area contributed by atoms with E-state index in [1.54, 1.807) is 0 Å². The fourth-order valence-electron chi connectivity index (χ4n) is 0.329. The maximum atomic E-state index is 4.67. The van der Waals surface area contributed by atoms with Crippen molar-refractivity contribution in [3.63, 3.8) is 0 Å². The van der Waals surface area contributed by atoms with Crippen LogP contribution in [-0.4, -0.2) is 12.3 Å². The summed E-state index contributed by atoms with van der Waals surface area (Å²) in [6.07, 6.45) is 1.42. The van der Waals surface area contributed by atoms with Crippen LogP contribution >= 0.6 is 0 Å². The van der Waals surface area contributed by atoms with Crippen LogP contribution in [0.2, 0.25) is 0 Å². The third kappa shape index (κ3) is 0.934. The molecule has 0 aromatic heterocycles. The maximum absolute atomic E-state index is 4.67. The molecular weight excluding hydrogens is 90.1 g/mol. The van der Waals surface area contributed by atoms with E-state index >= 15 is 0 Å². The normalized spacial score (nSPS) is 25.0. The SMILES string of the molecule is CC1C#CC=NO1. The molecule has 0 saturated heterocycles. The summed E-state index contributed by atoms with van der Waals surface area (Å²) >= 11 is 0. The third-order valence-electron chi connectivity index (χ3n) is 0.623. The van der Waals surface area contributed by atoms with Gasteiger partial charge in [-0.2, -0.15) is 0 Å². The molecule has 0 bridgehead atoms. The molecule has 1 unspecified atom stereocenters. The molecule has 0 fully saturated rings. The Morgan fingerprint density at radius 3 is 3.00 bits per heavy atom. The summed E-state index contributed by atoms with van der Waals surface area (Å²) in [6, 6.07) is 0. The monoisotopic (exact) mass is 95.0 g/mol. The summed E-state index contributed by atoms with van der Waals surface area (Å²) in [4.78, 5) is 4.67. The van der Waals surface area contributed by atoms with E-state index in [0.717, 1.165) is 0 Å². The fourth-order valence-corrected chi connectivity index (χ4v) is 0.329. The Hall–Kier alpha value is -0.970. The lowest BCUT2D eigenvalue weighted by Crippen LogP contribution is -2.02. The van der Waals surface area contributed by atoms with Crippen LogP contribution in [0.5, 0.6) is 0 Å². The van der Waals surface area contributed by atoms with Gasteiger partial charge in [0.2, 0.25) is 0 Å². The molecule has 0 N–H and O–H groups in total. The van der Waals surface area contributed by atoms with Crippen molar-refractivity contribution in [3.8, 4) is 11.8 Å². The first-order valence-corrected chi connectivity index (χ1v) is 2.08. The molecule has 1 rings (SSSR count). The average molecular weight is 95.1 g/mol. The molecule has 0 aliphatic carbocycles. The lowest BCUT2D eigenvalue weighted by atomic mass is 10.4.